The number of carbonyl (C=O) groups is 3. The number of nitrogens with zero attached hydrogens (tertiary/aromatic N) is 3. The number of carbonyl (C=O) groups excluding carboxylic acids is 3. The van der Waals surface area contributed by atoms with E-state index in [1.807, 2.05) is 0 Å². The molecule has 0 N–H and O–H groups in total. The Labute approximate surface area is 132 Å². The highest BCUT2D eigenvalue weighted by atomic mass is 16.5. The quantitative estimate of drug-likeness (QED) is 0.863. The van der Waals surface area contributed by atoms with Gasteiger partial charge in [0.15, 0.2) is 0 Å². The van der Waals surface area contributed by atoms with Gasteiger partial charge in [-0.2, -0.15) is 4.90 Å². The third kappa shape index (κ3) is 3.01. The number of hydrogen-bond donors (Lipinski definition) is 0. The molecular weight excluding hydrogens is 302 g/mol. The van der Waals surface area contributed by atoms with Crippen molar-refractivity contribution < 1.29 is 23.9 Å². The van der Waals surface area contributed by atoms with Crippen LogP contribution in [0.15, 0.2) is 24.3 Å². The van der Waals surface area contributed by atoms with Gasteiger partial charge in [0.25, 0.3) is 0 Å². The van der Waals surface area contributed by atoms with E-state index in [9.17, 15) is 14.4 Å². The molecule has 2 aromatic rings. The number of benzene rings is 1. The average molecular weight is 319 g/mol. The molecule has 0 atom stereocenters. The van der Waals surface area contributed by atoms with E-state index in [4.69, 9.17) is 4.74 Å². The minimum atomic E-state index is -0.913. The second-order valence-electron chi connectivity index (χ2n) is 4.66. The monoisotopic (exact) mass is 319 g/mol. The van der Waals surface area contributed by atoms with Crippen molar-refractivity contribution in [3.8, 4) is 0 Å². The first-order valence-corrected chi connectivity index (χ1v) is 7.01. The third-order valence-corrected chi connectivity index (χ3v) is 3.17. The molecule has 8 heteroatoms. The third-order valence-electron chi connectivity index (χ3n) is 3.17. The van der Waals surface area contributed by atoms with Gasteiger partial charge in [-0.15, -0.1) is 0 Å². The summed E-state index contributed by atoms with van der Waals surface area (Å²) in [7, 11) is 2.36. The lowest BCUT2D eigenvalue weighted by Gasteiger charge is -2.18. The zero-order valence-electron chi connectivity index (χ0n) is 13.1. The number of fused-ring (bicyclic) bond motifs is 1. The maximum absolute atomic E-state index is 12.3. The van der Waals surface area contributed by atoms with Crippen LogP contribution in [0.3, 0.4) is 0 Å². The highest BCUT2D eigenvalue weighted by molar-refractivity contribution is 6.12. The van der Waals surface area contributed by atoms with Gasteiger partial charge in [-0.3, -0.25) is 4.79 Å². The lowest BCUT2D eigenvalue weighted by atomic mass is 10.3. The number of rotatable bonds is 3. The fraction of sp³-hybridized carbons (Fsp3) is 0.333. The first-order chi connectivity index (χ1) is 11.0. The summed E-state index contributed by atoms with van der Waals surface area (Å²) in [5.74, 6) is -0.664. The number of hydrogen-bond acceptors (Lipinski definition) is 6. The van der Waals surface area contributed by atoms with Gasteiger partial charge in [0.2, 0.25) is 11.9 Å². The van der Waals surface area contributed by atoms with Crippen LogP contribution in [0.4, 0.5) is 15.5 Å². The number of ether oxygens (including phenoxy) is 2. The molecule has 23 heavy (non-hydrogen) atoms. The van der Waals surface area contributed by atoms with Crippen molar-refractivity contribution in [2.24, 2.45) is 0 Å². The van der Waals surface area contributed by atoms with Gasteiger partial charge in [0.05, 0.1) is 25.3 Å². The van der Waals surface area contributed by atoms with Crippen molar-refractivity contribution in [2.45, 2.75) is 19.8 Å². The van der Waals surface area contributed by atoms with E-state index in [0.29, 0.717) is 17.5 Å². The molecule has 0 radical (unpaired) electrons. The molecule has 0 fully saturated rings. The Morgan fingerprint density at radius 3 is 2.48 bits per heavy atom. The molecular formula is C15H17N3O5. The van der Waals surface area contributed by atoms with E-state index >= 15 is 0 Å². The second-order valence-corrected chi connectivity index (χ2v) is 4.66. The largest absolute Gasteiger partial charge is 0.452 e. The van der Waals surface area contributed by atoms with Gasteiger partial charge in [0, 0.05) is 6.42 Å². The molecule has 0 aliphatic rings. The number of aromatic nitrogens is 2. The normalized spacial score (nSPS) is 10.4. The summed E-state index contributed by atoms with van der Waals surface area (Å²) in [6.07, 6.45) is -1.03. The summed E-state index contributed by atoms with van der Waals surface area (Å²) in [5, 5.41) is 0. The Bertz CT molecular complexity index is 753. The predicted molar refractivity (Wildman–Crippen MR) is 82.3 cm³/mol. The van der Waals surface area contributed by atoms with Crippen LogP contribution in [0.1, 0.15) is 19.8 Å². The molecule has 2 amide bonds. The van der Waals surface area contributed by atoms with Crippen molar-refractivity contribution in [1.82, 2.24) is 9.55 Å². The number of anilines is 1. The fourth-order valence-electron chi connectivity index (χ4n) is 2.15. The van der Waals surface area contributed by atoms with E-state index in [1.54, 1.807) is 31.2 Å². The molecule has 0 aliphatic carbocycles. The Morgan fingerprint density at radius 1 is 1.17 bits per heavy atom. The summed E-state index contributed by atoms with van der Waals surface area (Å²) in [4.78, 5) is 41.4. The molecule has 0 saturated heterocycles. The summed E-state index contributed by atoms with van der Waals surface area (Å²) in [5.41, 5.74) is 0.874. The lowest BCUT2D eigenvalue weighted by molar-refractivity contribution is -0.118. The van der Waals surface area contributed by atoms with Crippen LogP contribution < -0.4 is 4.90 Å². The minimum absolute atomic E-state index is 0.111. The summed E-state index contributed by atoms with van der Waals surface area (Å²) in [6, 6.07) is 6.75. The van der Waals surface area contributed by atoms with Gasteiger partial charge in [-0.05, 0) is 18.6 Å². The average Bonchev–Trinajstić information content (AvgIpc) is 2.93. The predicted octanol–water partition coefficient (Wildman–Crippen LogP) is 2.55. The topological polar surface area (TPSA) is 90.7 Å². The number of imide groups is 1. The molecule has 0 aliphatic heterocycles. The maximum atomic E-state index is 12.3. The zero-order chi connectivity index (χ0) is 17.0. The molecule has 0 spiro atoms. The minimum Gasteiger partial charge on any atom is -0.452 e. The SMILES string of the molecule is CCCC(=O)N(C(=O)OC)c1nc2ccccc2n1C(=O)OC. The molecule has 0 bridgehead atoms. The smallest absolute Gasteiger partial charge is 0.423 e. The molecule has 1 heterocycles. The van der Waals surface area contributed by atoms with Crippen molar-refractivity contribution >= 4 is 35.1 Å². The van der Waals surface area contributed by atoms with Crippen LogP contribution in [0, 0.1) is 0 Å². The van der Waals surface area contributed by atoms with Crippen LogP contribution in [-0.4, -0.2) is 41.9 Å². The number of methoxy groups -OCH3 is 2. The Hall–Kier alpha value is -2.90. The number of amides is 2. The summed E-state index contributed by atoms with van der Waals surface area (Å²) in [6.45, 7) is 1.80. The van der Waals surface area contributed by atoms with Gasteiger partial charge in [-0.25, -0.2) is 19.1 Å². The summed E-state index contributed by atoms with van der Waals surface area (Å²) < 4.78 is 10.5. The molecule has 0 saturated carbocycles. The van der Waals surface area contributed by atoms with Crippen LogP contribution >= 0.6 is 0 Å². The number of para-hydroxylation sites is 2. The molecule has 0 unspecified atom stereocenters. The van der Waals surface area contributed by atoms with Crippen LogP contribution in [-0.2, 0) is 14.3 Å². The van der Waals surface area contributed by atoms with Gasteiger partial charge in [0.1, 0.15) is 0 Å². The summed E-state index contributed by atoms with van der Waals surface area (Å²) >= 11 is 0. The standard InChI is InChI=1S/C15H17N3O5/c1-4-7-12(19)18(15(21)23-3)13-16-10-8-5-6-9-11(10)17(13)14(20)22-2/h5-6,8-9H,4,7H2,1-3H3. The zero-order valence-corrected chi connectivity index (χ0v) is 13.1. The second kappa shape index (κ2) is 6.91. The van der Waals surface area contributed by atoms with Crippen molar-refractivity contribution in [3.05, 3.63) is 24.3 Å². The van der Waals surface area contributed by atoms with E-state index in [0.717, 1.165) is 16.6 Å². The van der Waals surface area contributed by atoms with Gasteiger partial charge >= 0.3 is 12.2 Å². The van der Waals surface area contributed by atoms with Crippen molar-refractivity contribution in [2.75, 3.05) is 19.1 Å². The van der Waals surface area contributed by atoms with E-state index in [1.165, 1.54) is 7.11 Å². The highest BCUT2D eigenvalue weighted by Crippen LogP contribution is 2.24. The molecule has 122 valence electrons. The van der Waals surface area contributed by atoms with Crippen LogP contribution in [0.5, 0.6) is 0 Å². The van der Waals surface area contributed by atoms with Crippen LogP contribution in [0.25, 0.3) is 11.0 Å². The van der Waals surface area contributed by atoms with Crippen molar-refractivity contribution in [1.29, 1.82) is 0 Å². The van der Waals surface area contributed by atoms with Gasteiger partial charge < -0.3 is 9.47 Å². The molecule has 1 aromatic heterocycles. The van der Waals surface area contributed by atoms with Gasteiger partial charge in [-0.1, -0.05) is 19.1 Å². The molecule has 8 nitrogen and oxygen atoms in total. The van der Waals surface area contributed by atoms with Crippen LogP contribution in [0.2, 0.25) is 0 Å². The first-order valence-electron chi connectivity index (χ1n) is 7.01. The van der Waals surface area contributed by atoms with Crippen molar-refractivity contribution in [3.63, 3.8) is 0 Å². The van der Waals surface area contributed by atoms with E-state index in [2.05, 4.69) is 9.72 Å². The van der Waals surface area contributed by atoms with E-state index < -0.39 is 18.1 Å². The highest BCUT2D eigenvalue weighted by Gasteiger charge is 2.31. The lowest BCUT2D eigenvalue weighted by Crippen LogP contribution is -2.39. The Balaban J connectivity index is 2.69. The molecule has 1 aromatic carbocycles. The number of imidazole rings is 1. The Morgan fingerprint density at radius 2 is 1.87 bits per heavy atom. The van der Waals surface area contributed by atoms with E-state index in [-0.39, 0.29) is 12.4 Å². The molecule has 2 rings (SSSR count). The first kappa shape index (κ1) is 16.5. The fourth-order valence-corrected chi connectivity index (χ4v) is 2.15. The Kier molecular flexibility index (Phi) is 4.95. The maximum Gasteiger partial charge on any atom is 0.423 e.